The highest BCUT2D eigenvalue weighted by Crippen LogP contribution is 2.38. The number of hydrogen-bond acceptors (Lipinski definition) is 8. The zero-order valence-electron chi connectivity index (χ0n) is 24.2. The molecule has 0 spiro atoms. The molecule has 5 aliphatic heterocycles. The van der Waals surface area contributed by atoms with Crippen LogP contribution in [0.25, 0.3) is 0 Å². The summed E-state index contributed by atoms with van der Waals surface area (Å²) >= 11 is 0. The normalized spacial score (nSPS) is 23.9. The number of fused-ring (bicyclic) bond motifs is 1. The van der Waals surface area contributed by atoms with E-state index < -0.39 is 29.7 Å². The Hall–Kier alpha value is -4.09. The van der Waals surface area contributed by atoms with Crippen molar-refractivity contribution in [3.8, 4) is 0 Å². The molecule has 12 nitrogen and oxygen atoms in total. The number of carbonyl (C=O) groups excluding carboxylic acids is 7. The monoisotopic (exact) mass is 591 g/mol. The molecule has 12 heteroatoms. The van der Waals surface area contributed by atoms with Gasteiger partial charge in [0, 0.05) is 58.4 Å². The summed E-state index contributed by atoms with van der Waals surface area (Å²) < 4.78 is 0. The summed E-state index contributed by atoms with van der Waals surface area (Å²) in [6, 6.07) is 4.27. The van der Waals surface area contributed by atoms with Gasteiger partial charge in [-0.05, 0) is 62.5 Å². The van der Waals surface area contributed by atoms with E-state index in [1.165, 1.54) is 4.90 Å². The Balaban J connectivity index is 1.00. The number of anilines is 1. The van der Waals surface area contributed by atoms with Crippen molar-refractivity contribution in [1.29, 1.82) is 0 Å². The molecule has 228 valence electrons. The molecular weight excluding hydrogens is 554 g/mol. The lowest BCUT2D eigenvalue weighted by molar-refractivity contribution is -0.140. The number of rotatable bonds is 7. The number of nitrogens with zero attached hydrogens (tertiary/aromatic N) is 4. The van der Waals surface area contributed by atoms with Gasteiger partial charge < -0.3 is 9.80 Å². The highest BCUT2D eigenvalue weighted by Gasteiger charge is 2.46. The molecule has 0 radical (unpaired) electrons. The van der Waals surface area contributed by atoms with Crippen molar-refractivity contribution in [2.45, 2.75) is 70.3 Å². The molecule has 0 bridgehead atoms. The fourth-order valence-corrected chi connectivity index (χ4v) is 7.41. The third-order valence-corrected chi connectivity index (χ3v) is 9.81. The maximum atomic E-state index is 13.5. The lowest BCUT2D eigenvalue weighted by Crippen LogP contribution is -2.54. The summed E-state index contributed by atoms with van der Waals surface area (Å²) in [5.41, 5.74) is 1.34. The van der Waals surface area contributed by atoms with Crippen LogP contribution in [0, 0.1) is 11.8 Å². The van der Waals surface area contributed by atoms with Crippen molar-refractivity contribution < 1.29 is 33.6 Å². The van der Waals surface area contributed by atoms with Crippen LogP contribution in [0.1, 0.15) is 84.9 Å². The van der Waals surface area contributed by atoms with Crippen LogP contribution < -0.4 is 10.2 Å². The minimum Gasteiger partial charge on any atom is -0.371 e. The van der Waals surface area contributed by atoms with Gasteiger partial charge in [-0.15, -0.1) is 0 Å². The Morgan fingerprint density at radius 1 is 0.791 bits per heavy atom. The molecule has 1 aromatic carbocycles. The van der Waals surface area contributed by atoms with Gasteiger partial charge in [0.25, 0.3) is 11.8 Å². The topological polar surface area (TPSA) is 144 Å². The quantitative estimate of drug-likeness (QED) is 0.470. The van der Waals surface area contributed by atoms with Gasteiger partial charge in [-0.2, -0.15) is 0 Å². The first kappa shape index (κ1) is 29.0. The molecule has 6 rings (SSSR count). The molecule has 1 unspecified atom stereocenters. The maximum Gasteiger partial charge on any atom is 0.264 e. The van der Waals surface area contributed by atoms with Crippen LogP contribution in [0.2, 0.25) is 0 Å². The number of likely N-dealkylation sites (tertiary alicyclic amines) is 2. The van der Waals surface area contributed by atoms with Crippen molar-refractivity contribution in [3.05, 3.63) is 29.3 Å². The van der Waals surface area contributed by atoms with E-state index in [-0.39, 0.29) is 43.4 Å². The Kier molecular flexibility index (Phi) is 8.02. The van der Waals surface area contributed by atoms with Crippen molar-refractivity contribution in [3.63, 3.8) is 0 Å². The van der Waals surface area contributed by atoms with Crippen LogP contribution in [-0.4, -0.2) is 94.8 Å². The van der Waals surface area contributed by atoms with E-state index in [0.29, 0.717) is 61.1 Å². The van der Waals surface area contributed by atoms with Gasteiger partial charge in [0.1, 0.15) is 6.04 Å². The Morgan fingerprint density at radius 3 is 2.09 bits per heavy atom. The second kappa shape index (κ2) is 11.9. The molecule has 1 atom stereocenters. The summed E-state index contributed by atoms with van der Waals surface area (Å²) in [7, 11) is 0. The average molecular weight is 592 g/mol. The summed E-state index contributed by atoms with van der Waals surface area (Å²) in [5, 5.41) is 2.24. The van der Waals surface area contributed by atoms with Crippen molar-refractivity contribution >= 4 is 47.0 Å². The van der Waals surface area contributed by atoms with Crippen LogP contribution in [-0.2, 0) is 24.0 Å². The highest BCUT2D eigenvalue weighted by molar-refractivity contribution is 6.25. The Morgan fingerprint density at radius 2 is 1.44 bits per heavy atom. The van der Waals surface area contributed by atoms with E-state index in [0.717, 1.165) is 43.7 Å². The van der Waals surface area contributed by atoms with Crippen LogP contribution in [0.5, 0.6) is 0 Å². The van der Waals surface area contributed by atoms with Gasteiger partial charge in [-0.25, -0.2) is 0 Å². The average Bonchev–Trinajstić information content (AvgIpc) is 3.47. The largest absolute Gasteiger partial charge is 0.371 e. The lowest BCUT2D eigenvalue weighted by Gasteiger charge is -2.41. The number of nitrogens with one attached hydrogen (secondary N) is 1. The third-order valence-electron chi connectivity index (χ3n) is 9.81. The molecule has 5 heterocycles. The van der Waals surface area contributed by atoms with Gasteiger partial charge >= 0.3 is 0 Å². The van der Waals surface area contributed by atoms with Crippen LogP contribution >= 0.6 is 0 Å². The van der Waals surface area contributed by atoms with Crippen molar-refractivity contribution in [1.82, 2.24) is 20.0 Å². The first-order chi connectivity index (χ1) is 20.7. The van der Waals surface area contributed by atoms with E-state index >= 15 is 0 Å². The molecular formula is C31H37N5O7. The molecule has 1 aromatic rings. The first-order valence-electron chi connectivity index (χ1n) is 15.4. The molecule has 7 amide bonds. The molecule has 4 fully saturated rings. The molecule has 0 aliphatic carbocycles. The number of carbonyl (C=O) groups is 7. The van der Waals surface area contributed by atoms with E-state index in [1.807, 2.05) is 11.0 Å². The first-order valence-corrected chi connectivity index (χ1v) is 15.4. The SMILES string of the molecule is O=C1CCC(N2C(=O)c3cccc(N4CCC(C5CCN(C(=O)CCCN6C(=O)CCC6=O)CC5)CC4)c3C2=O)C(=O)N1. The molecule has 0 saturated carbocycles. The molecule has 43 heavy (non-hydrogen) atoms. The second-order valence-corrected chi connectivity index (χ2v) is 12.2. The second-order valence-electron chi connectivity index (χ2n) is 12.2. The summed E-state index contributed by atoms with van der Waals surface area (Å²) in [6.07, 6.45) is 5.35. The van der Waals surface area contributed by atoms with Gasteiger partial charge in [0.2, 0.25) is 29.5 Å². The number of piperidine rings is 3. The fourth-order valence-electron chi connectivity index (χ4n) is 7.41. The van der Waals surface area contributed by atoms with Gasteiger partial charge in [-0.1, -0.05) is 6.07 Å². The van der Waals surface area contributed by atoms with Gasteiger partial charge in [-0.3, -0.25) is 48.7 Å². The van der Waals surface area contributed by atoms with Gasteiger partial charge in [0.05, 0.1) is 16.8 Å². The molecule has 1 N–H and O–H groups in total. The standard InChI is InChI=1S/C31H37N5O7/c37-24-7-6-23(29(41)32-24)36-30(42)21-3-1-4-22(28(21)31(36)43)33-15-10-19(11-16-33)20-12-17-34(18-13-20)25(38)5-2-14-35-26(39)8-9-27(35)40/h1,3-4,19-20,23H,2,5-18H2,(H,32,37,41). The van der Waals surface area contributed by atoms with Gasteiger partial charge in [0.15, 0.2) is 0 Å². The molecule has 0 aromatic heterocycles. The zero-order chi connectivity index (χ0) is 30.2. The predicted octanol–water partition coefficient (Wildman–Crippen LogP) is 1.47. The van der Waals surface area contributed by atoms with Crippen LogP contribution in [0.3, 0.4) is 0 Å². The maximum absolute atomic E-state index is 13.5. The third kappa shape index (κ3) is 5.54. The van der Waals surface area contributed by atoms with Crippen molar-refractivity contribution in [2.24, 2.45) is 11.8 Å². The molecule has 4 saturated heterocycles. The lowest BCUT2D eigenvalue weighted by atomic mass is 9.78. The predicted molar refractivity (Wildman–Crippen MR) is 153 cm³/mol. The van der Waals surface area contributed by atoms with E-state index in [1.54, 1.807) is 12.1 Å². The Bertz CT molecular complexity index is 1360. The van der Waals surface area contributed by atoms with Crippen molar-refractivity contribution in [2.75, 3.05) is 37.6 Å². The highest BCUT2D eigenvalue weighted by atomic mass is 16.2. The Labute approximate surface area is 249 Å². The fraction of sp³-hybridized carbons (Fsp3) is 0.581. The van der Waals surface area contributed by atoms with E-state index in [2.05, 4.69) is 10.2 Å². The number of amides is 7. The van der Waals surface area contributed by atoms with Crippen LogP contribution in [0.15, 0.2) is 18.2 Å². The summed E-state index contributed by atoms with van der Waals surface area (Å²) in [4.78, 5) is 93.4. The zero-order valence-corrected chi connectivity index (χ0v) is 24.2. The van der Waals surface area contributed by atoms with Crippen LogP contribution in [0.4, 0.5) is 5.69 Å². The summed E-state index contributed by atoms with van der Waals surface area (Å²) in [6.45, 7) is 3.23. The number of benzene rings is 1. The molecule has 5 aliphatic rings. The minimum atomic E-state index is -0.986. The number of imide groups is 3. The van der Waals surface area contributed by atoms with E-state index in [9.17, 15) is 33.6 Å². The van der Waals surface area contributed by atoms with E-state index in [4.69, 9.17) is 0 Å². The minimum absolute atomic E-state index is 0.0795. The smallest absolute Gasteiger partial charge is 0.264 e. The summed E-state index contributed by atoms with van der Waals surface area (Å²) in [5.74, 6) is -1.18. The number of hydrogen-bond donors (Lipinski definition) is 1.